The first-order valence-electron chi connectivity index (χ1n) is 17.6. The average molecular weight is 665 g/mol. The molecule has 244 valence electrons. The molecule has 3 heterocycles. The number of aromatic nitrogens is 4. The second-order valence-corrected chi connectivity index (χ2v) is 13.0. The third kappa shape index (κ3) is 4.92. The molecule has 0 saturated heterocycles. The van der Waals surface area contributed by atoms with Crippen molar-refractivity contribution in [1.82, 2.24) is 19.1 Å². The molecule has 0 atom stereocenters. The third-order valence-corrected chi connectivity index (χ3v) is 9.96. The summed E-state index contributed by atoms with van der Waals surface area (Å²) in [7, 11) is 0. The van der Waals surface area contributed by atoms with Gasteiger partial charge in [0.15, 0.2) is 5.82 Å². The molecule has 0 N–H and O–H groups in total. The lowest BCUT2D eigenvalue weighted by molar-refractivity contribution is 1.02. The first-order chi connectivity index (χ1) is 25.8. The fourth-order valence-corrected chi connectivity index (χ4v) is 7.64. The Hall–Kier alpha value is -7.04. The van der Waals surface area contributed by atoms with E-state index < -0.39 is 0 Å². The van der Waals surface area contributed by atoms with Gasteiger partial charge in [0.2, 0.25) is 0 Å². The summed E-state index contributed by atoms with van der Waals surface area (Å²) >= 11 is 0. The van der Waals surface area contributed by atoms with Crippen molar-refractivity contribution in [2.75, 3.05) is 0 Å². The summed E-state index contributed by atoms with van der Waals surface area (Å²) < 4.78 is 4.69. The van der Waals surface area contributed by atoms with E-state index in [2.05, 4.69) is 179 Å². The number of nitrogens with zero attached hydrogens (tertiary/aromatic N) is 4. The van der Waals surface area contributed by atoms with E-state index in [-0.39, 0.29) is 0 Å². The van der Waals surface area contributed by atoms with Crippen LogP contribution in [0.4, 0.5) is 0 Å². The first kappa shape index (κ1) is 29.8. The minimum absolute atomic E-state index is 0.684. The van der Waals surface area contributed by atoms with Crippen LogP contribution in [0.5, 0.6) is 0 Å². The highest BCUT2D eigenvalue weighted by Gasteiger charge is 2.23. The van der Waals surface area contributed by atoms with Crippen LogP contribution in [0.2, 0.25) is 0 Å². The summed E-state index contributed by atoms with van der Waals surface area (Å²) in [6, 6.07) is 68.4. The van der Waals surface area contributed by atoms with Gasteiger partial charge in [-0.2, -0.15) is 0 Å². The molecule has 52 heavy (non-hydrogen) atoms. The smallest absolute Gasteiger partial charge is 0.162 e. The van der Waals surface area contributed by atoms with Gasteiger partial charge in [-0.1, -0.05) is 158 Å². The molecule has 0 amide bonds. The monoisotopic (exact) mass is 664 g/mol. The van der Waals surface area contributed by atoms with E-state index in [1.807, 2.05) is 24.3 Å². The Bertz CT molecular complexity index is 2760. The SMILES string of the molecule is c1ccc(-c2cc(-n3c(-c4ccc(-n5c6ccccc6c6ccccc65)cc4)c(-c4ccccc4)c4ccccc43)nc(-c3ccccc3)n2)cc1. The third-order valence-electron chi connectivity index (χ3n) is 9.96. The molecule has 0 aliphatic carbocycles. The molecule has 0 fully saturated rings. The first-order valence-corrected chi connectivity index (χ1v) is 17.6. The highest BCUT2D eigenvalue weighted by atomic mass is 15.1. The minimum Gasteiger partial charge on any atom is -0.309 e. The van der Waals surface area contributed by atoms with Crippen LogP contribution in [-0.2, 0) is 0 Å². The summed E-state index contributed by atoms with van der Waals surface area (Å²) in [5.74, 6) is 1.50. The maximum atomic E-state index is 5.32. The quantitative estimate of drug-likeness (QED) is 0.177. The van der Waals surface area contributed by atoms with Crippen LogP contribution in [0.1, 0.15) is 0 Å². The maximum Gasteiger partial charge on any atom is 0.162 e. The predicted molar refractivity (Wildman–Crippen MR) is 215 cm³/mol. The molecule has 0 unspecified atom stereocenters. The Labute approximate surface area is 301 Å². The van der Waals surface area contributed by atoms with Gasteiger partial charge < -0.3 is 4.57 Å². The highest BCUT2D eigenvalue weighted by Crippen LogP contribution is 2.43. The van der Waals surface area contributed by atoms with Crippen molar-refractivity contribution in [1.29, 1.82) is 0 Å². The Morgan fingerprint density at radius 2 is 0.827 bits per heavy atom. The fourth-order valence-electron chi connectivity index (χ4n) is 7.64. The van der Waals surface area contributed by atoms with Crippen LogP contribution in [0.25, 0.3) is 89.2 Å². The van der Waals surface area contributed by atoms with Crippen molar-refractivity contribution >= 4 is 32.7 Å². The van der Waals surface area contributed by atoms with Gasteiger partial charge in [-0.05, 0) is 41.5 Å². The van der Waals surface area contributed by atoms with Crippen molar-refractivity contribution in [2.45, 2.75) is 0 Å². The van der Waals surface area contributed by atoms with Gasteiger partial charge in [0.05, 0.1) is 27.9 Å². The van der Waals surface area contributed by atoms with Gasteiger partial charge in [-0.25, -0.2) is 9.97 Å². The Kier molecular flexibility index (Phi) is 7.10. The number of hydrogen-bond donors (Lipinski definition) is 0. The van der Waals surface area contributed by atoms with Crippen LogP contribution < -0.4 is 0 Å². The number of hydrogen-bond acceptors (Lipinski definition) is 2. The van der Waals surface area contributed by atoms with Gasteiger partial charge in [-0.3, -0.25) is 4.57 Å². The van der Waals surface area contributed by atoms with Gasteiger partial charge in [0.25, 0.3) is 0 Å². The van der Waals surface area contributed by atoms with E-state index in [1.165, 1.54) is 27.4 Å². The molecule has 0 spiro atoms. The number of fused-ring (bicyclic) bond motifs is 4. The highest BCUT2D eigenvalue weighted by molar-refractivity contribution is 6.09. The van der Waals surface area contributed by atoms with Crippen molar-refractivity contribution in [2.24, 2.45) is 0 Å². The maximum absolute atomic E-state index is 5.32. The molecular formula is C48H32N4. The Morgan fingerprint density at radius 1 is 0.346 bits per heavy atom. The summed E-state index contributed by atoms with van der Waals surface area (Å²) in [5, 5.41) is 3.66. The largest absolute Gasteiger partial charge is 0.309 e. The van der Waals surface area contributed by atoms with E-state index in [4.69, 9.17) is 9.97 Å². The zero-order valence-corrected chi connectivity index (χ0v) is 28.3. The van der Waals surface area contributed by atoms with Crippen molar-refractivity contribution in [3.05, 3.63) is 194 Å². The lowest BCUT2D eigenvalue weighted by Gasteiger charge is -2.16. The van der Waals surface area contributed by atoms with Crippen LogP contribution >= 0.6 is 0 Å². The molecule has 4 heteroatoms. The zero-order chi connectivity index (χ0) is 34.4. The molecule has 0 bridgehead atoms. The summed E-state index contributed by atoms with van der Waals surface area (Å²) in [6.07, 6.45) is 0. The van der Waals surface area contributed by atoms with E-state index in [9.17, 15) is 0 Å². The molecule has 0 radical (unpaired) electrons. The van der Waals surface area contributed by atoms with E-state index >= 15 is 0 Å². The van der Waals surface area contributed by atoms with Crippen molar-refractivity contribution in [3.8, 4) is 56.5 Å². The molecule has 10 rings (SSSR count). The van der Waals surface area contributed by atoms with E-state index in [1.54, 1.807) is 0 Å². The summed E-state index contributed by atoms with van der Waals surface area (Å²) in [4.78, 5) is 10.4. The average Bonchev–Trinajstić information content (AvgIpc) is 3.75. The van der Waals surface area contributed by atoms with Crippen molar-refractivity contribution < 1.29 is 0 Å². The van der Waals surface area contributed by atoms with Gasteiger partial charge in [-0.15, -0.1) is 0 Å². The summed E-state index contributed by atoms with van der Waals surface area (Å²) in [5.41, 5.74) is 12.0. The minimum atomic E-state index is 0.684. The van der Waals surface area contributed by atoms with Gasteiger partial charge in [0.1, 0.15) is 5.82 Å². The van der Waals surface area contributed by atoms with Gasteiger partial charge in [0, 0.05) is 44.6 Å². The number of para-hydroxylation sites is 3. The lowest BCUT2D eigenvalue weighted by atomic mass is 9.98. The molecule has 0 aliphatic heterocycles. The summed E-state index contributed by atoms with van der Waals surface area (Å²) in [6.45, 7) is 0. The number of rotatable bonds is 6. The zero-order valence-electron chi connectivity index (χ0n) is 28.3. The van der Waals surface area contributed by atoms with Crippen LogP contribution in [0.3, 0.4) is 0 Å². The Morgan fingerprint density at radius 3 is 1.42 bits per heavy atom. The van der Waals surface area contributed by atoms with E-state index in [0.29, 0.717) is 5.82 Å². The van der Waals surface area contributed by atoms with Crippen LogP contribution in [0, 0.1) is 0 Å². The molecule has 10 aromatic rings. The van der Waals surface area contributed by atoms with E-state index in [0.717, 1.165) is 56.0 Å². The van der Waals surface area contributed by atoms with Crippen LogP contribution in [-0.4, -0.2) is 19.1 Å². The lowest BCUT2D eigenvalue weighted by Crippen LogP contribution is -2.04. The molecular weight excluding hydrogens is 633 g/mol. The predicted octanol–water partition coefficient (Wildman–Crippen LogP) is 12.2. The molecule has 3 aromatic heterocycles. The molecule has 0 aliphatic rings. The fraction of sp³-hybridized carbons (Fsp3) is 0. The standard InChI is InChI=1S/C48H32N4/c1-4-16-33(17-5-1)41-32-45(50-48(49-41)36-20-8-3-9-21-36)52-44-27-15-12-24-40(44)46(34-18-6-2-7-19-34)47(52)35-28-30-37(31-29-35)51-42-25-13-10-22-38(42)39-23-11-14-26-43(39)51/h1-32H. The molecule has 0 saturated carbocycles. The Balaban J connectivity index is 1.25. The number of benzene rings is 7. The van der Waals surface area contributed by atoms with Crippen molar-refractivity contribution in [3.63, 3.8) is 0 Å². The normalized spacial score (nSPS) is 11.5. The second kappa shape index (κ2) is 12.4. The molecule has 4 nitrogen and oxygen atoms in total. The topological polar surface area (TPSA) is 35.6 Å². The molecule has 7 aromatic carbocycles. The van der Waals surface area contributed by atoms with Gasteiger partial charge >= 0.3 is 0 Å². The second-order valence-electron chi connectivity index (χ2n) is 13.0. The van der Waals surface area contributed by atoms with Crippen LogP contribution in [0.15, 0.2) is 194 Å².